The minimum atomic E-state index is 0.354. The smallest absolute Gasteiger partial charge is 0.0594 e. The van der Waals surface area contributed by atoms with Crippen molar-refractivity contribution in [2.75, 3.05) is 19.7 Å². The summed E-state index contributed by atoms with van der Waals surface area (Å²) in [6, 6.07) is 1.50. The van der Waals surface area contributed by atoms with E-state index in [0.29, 0.717) is 6.10 Å². The molecule has 3 heteroatoms. The molecule has 100 valence electrons. The third kappa shape index (κ3) is 3.94. The summed E-state index contributed by atoms with van der Waals surface area (Å²) in [5, 5.41) is 7.36. The van der Waals surface area contributed by atoms with Gasteiger partial charge in [0.05, 0.1) is 12.7 Å². The molecule has 0 radical (unpaired) electrons. The molecule has 1 saturated carbocycles. The summed E-state index contributed by atoms with van der Waals surface area (Å²) in [7, 11) is 0. The molecule has 3 nitrogen and oxygen atoms in total. The van der Waals surface area contributed by atoms with Gasteiger partial charge in [-0.25, -0.2) is 0 Å². The molecule has 3 atom stereocenters. The third-order valence-corrected chi connectivity index (χ3v) is 4.14. The Balaban J connectivity index is 1.68. The zero-order chi connectivity index (χ0) is 12.1. The first-order valence-electron chi connectivity index (χ1n) is 7.35. The van der Waals surface area contributed by atoms with Gasteiger partial charge in [0.1, 0.15) is 0 Å². The molecule has 3 unspecified atom stereocenters. The highest BCUT2D eigenvalue weighted by Gasteiger charge is 2.34. The lowest BCUT2D eigenvalue weighted by atomic mass is 9.93. The van der Waals surface area contributed by atoms with Crippen molar-refractivity contribution in [3.05, 3.63) is 0 Å². The van der Waals surface area contributed by atoms with Crippen molar-refractivity contribution in [3.8, 4) is 0 Å². The number of nitrogens with one attached hydrogen (secondary N) is 2. The van der Waals surface area contributed by atoms with Crippen LogP contribution in [0, 0.1) is 5.92 Å². The van der Waals surface area contributed by atoms with Gasteiger partial charge in [-0.2, -0.15) is 0 Å². The van der Waals surface area contributed by atoms with E-state index in [9.17, 15) is 0 Å². The van der Waals surface area contributed by atoms with Crippen LogP contribution in [0.1, 0.15) is 46.0 Å². The molecule has 2 rings (SSSR count). The van der Waals surface area contributed by atoms with Crippen molar-refractivity contribution in [2.24, 2.45) is 5.92 Å². The third-order valence-electron chi connectivity index (χ3n) is 4.14. The monoisotopic (exact) mass is 240 g/mol. The predicted octanol–water partition coefficient (Wildman–Crippen LogP) is 1.92. The Bertz CT molecular complexity index is 214. The second-order valence-corrected chi connectivity index (χ2v) is 5.78. The van der Waals surface area contributed by atoms with Gasteiger partial charge in [-0.3, -0.25) is 0 Å². The highest BCUT2D eigenvalue weighted by Crippen LogP contribution is 2.31. The summed E-state index contributed by atoms with van der Waals surface area (Å²) in [6.45, 7) is 7.27. The van der Waals surface area contributed by atoms with E-state index in [4.69, 9.17) is 4.74 Å². The van der Waals surface area contributed by atoms with Gasteiger partial charge in [0.15, 0.2) is 0 Å². The largest absolute Gasteiger partial charge is 0.377 e. The molecule has 1 saturated heterocycles. The summed E-state index contributed by atoms with van der Waals surface area (Å²) in [5.74, 6) is 0.858. The molecule has 0 aromatic heterocycles. The fourth-order valence-electron chi connectivity index (χ4n) is 3.34. The van der Waals surface area contributed by atoms with E-state index < -0.39 is 0 Å². The standard InChI is InChI=1S/C14H28N2O/c1-11(2)17-10-9-16-13-6-3-5-12(13)14-7-4-8-15-14/h11-16H,3-10H2,1-2H3. The number of rotatable bonds is 6. The van der Waals surface area contributed by atoms with Gasteiger partial charge in [-0.1, -0.05) is 6.42 Å². The Labute approximate surface area is 106 Å². The van der Waals surface area contributed by atoms with E-state index in [2.05, 4.69) is 24.5 Å². The Hall–Kier alpha value is -0.120. The fraction of sp³-hybridized carbons (Fsp3) is 1.00. The second kappa shape index (κ2) is 6.72. The summed E-state index contributed by atoms with van der Waals surface area (Å²) < 4.78 is 5.58. The quantitative estimate of drug-likeness (QED) is 0.696. The van der Waals surface area contributed by atoms with Crippen molar-refractivity contribution in [1.82, 2.24) is 10.6 Å². The molecular weight excluding hydrogens is 212 g/mol. The molecule has 1 aliphatic carbocycles. The van der Waals surface area contributed by atoms with Crippen LogP contribution in [-0.4, -0.2) is 37.9 Å². The summed E-state index contributed by atoms with van der Waals surface area (Å²) in [6.07, 6.45) is 7.25. The first-order valence-corrected chi connectivity index (χ1v) is 7.35. The van der Waals surface area contributed by atoms with Gasteiger partial charge in [0, 0.05) is 18.6 Å². The van der Waals surface area contributed by atoms with E-state index in [1.807, 2.05) is 0 Å². The highest BCUT2D eigenvalue weighted by molar-refractivity contribution is 4.93. The van der Waals surface area contributed by atoms with Crippen molar-refractivity contribution in [1.29, 1.82) is 0 Å². The minimum Gasteiger partial charge on any atom is -0.377 e. The summed E-state index contributed by atoms with van der Waals surface area (Å²) in [5.41, 5.74) is 0. The Morgan fingerprint density at radius 1 is 1.24 bits per heavy atom. The molecule has 0 amide bonds. The van der Waals surface area contributed by atoms with E-state index in [-0.39, 0.29) is 0 Å². The van der Waals surface area contributed by atoms with Crippen LogP contribution < -0.4 is 10.6 Å². The van der Waals surface area contributed by atoms with Gasteiger partial charge >= 0.3 is 0 Å². The van der Waals surface area contributed by atoms with Crippen LogP contribution in [0.4, 0.5) is 0 Å². The average molecular weight is 240 g/mol. The number of hydrogen-bond acceptors (Lipinski definition) is 3. The molecule has 17 heavy (non-hydrogen) atoms. The van der Waals surface area contributed by atoms with Gasteiger partial charge in [-0.15, -0.1) is 0 Å². The molecule has 2 N–H and O–H groups in total. The first-order chi connectivity index (χ1) is 8.27. The van der Waals surface area contributed by atoms with E-state index in [1.165, 1.54) is 38.6 Å². The van der Waals surface area contributed by atoms with Gasteiger partial charge < -0.3 is 15.4 Å². The lowest BCUT2D eigenvalue weighted by Crippen LogP contribution is -2.43. The van der Waals surface area contributed by atoms with Crippen molar-refractivity contribution < 1.29 is 4.74 Å². The predicted molar refractivity (Wildman–Crippen MR) is 71.2 cm³/mol. The molecule has 0 aromatic rings. The van der Waals surface area contributed by atoms with Crippen molar-refractivity contribution in [3.63, 3.8) is 0 Å². The average Bonchev–Trinajstić information content (AvgIpc) is 2.94. The molecule has 0 bridgehead atoms. The van der Waals surface area contributed by atoms with Crippen LogP contribution >= 0.6 is 0 Å². The van der Waals surface area contributed by atoms with Crippen molar-refractivity contribution >= 4 is 0 Å². The maximum absolute atomic E-state index is 5.58. The zero-order valence-electron chi connectivity index (χ0n) is 11.4. The number of ether oxygens (including phenoxy) is 1. The molecule has 0 aromatic carbocycles. The van der Waals surface area contributed by atoms with Crippen LogP contribution in [0.25, 0.3) is 0 Å². The highest BCUT2D eigenvalue weighted by atomic mass is 16.5. The second-order valence-electron chi connectivity index (χ2n) is 5.78. The van der Waals surface area contributed by atoms with Gasteiger partial charge in [0.2, 0.25) is 0 Å². The maximum atomic E-state index is 5.58. The topological polar surface area (TPSA) is 33.3 Å². The van der Waals surface area contributed by atoms with Crippen LogP contribution in [0.2, 0.25) is 0 Å². The lowest BCUT2D eigenvalue weighted by Gasteiger charge is -2.26. The fourth-order valence-corrected chi connectivity index (χ4v) is 3.34. The molecule has 1 heterocycles. The van der Waals surface area contributed by atoms with Gasteiger partial charge in [0.25, 0.3) is 0 Å². The van der Waals surface area contributed by atoms with Crippen LogP contribution in [-0.2, 0) is 4.74 Å². The minimum absolute atomic E-state index is 0.354. The molecule has 1 aliphatic heterocycles. The summed E-state index contributed by atoms with van der Waals surface area (Å²) in [4.78, 5) is 0. The SMILES string of the molecule is CC(C)OCCNC1CCCC1C1CCCN1. The first kappa shape index (κ1) is 13.3. The maximum Gasteiger partial charge on any atom is 0.0594 e. The Morgan fingerprint density at radius 2 is 2.12 bits per heavy atom. The van der Waals surface area contributed by atoms with Crippen LogP contribution in [0.5, 0.6) is 0 Å². The molecule has 2 fully saturated rings. The van der Waals surface area contributed by atoms with E-state index >= 15 is 0 Å². The molecule has 0 spiro atoms. The number of hydrogen-bond donors (Lipinski definition) is 2. The normalized spacial score (nSPS) is 33.7. The molecular formula is C14H28N2O. The lowest BCUT2D eigenvalue weighted by molar-refractivity contribution is 0.0781. The van der Waals surface area contributed by atoms with Crippen molar-refractivity contribution in [2.45, 2.75) is 64.1 Å². The Morgan fingerprint density at radius 3 is 2.82 bits per heavy atom. The van der Waals surface area contributed by atoms with E-state index in [0.717, 1.165) is 31.2 Å². The van der Waals surface area contributed by atoms with Crippen LogP contribution in [0.15, 0.2) is 0 Å². The molecule has 2 aliphatic rings. The summed E-state index contributed by atoms with van der Waals surface area (Å²) >= 11 is 0. The Kier molecular flexibility index (Phi) is 5.26. The van der Waals surface area contributed by atoms with Gasteiger partial charge in [-0.05, 0) is 52.0 Å². The van der Waals surface area contributed by atoms with E-state index in [1.54, 1.807) is 0 Å². The zero-order valence-corrected chi connectivity index (χ0v) is 11.4. The van der Waals surface area contributed by atoms with Crippen LogP contribution in [0.3, 0.4) is 0 Å².